The highest BCUT2D eigenvalue weighted by Gasteiger charge is 2.30. The zero-order chi connectivity index (χ0) is 13.1. The van der Waals surface area contributed by atoms with Crippen molar-refractivity contribution in [1.29, 1.82) is 0 Å². The summed E-state index contributed by atoms with van der Waals surface area (Å²) in [4.78, 5) is 23.9. The Balaban J connectivity index is 2.05. The molecule has 5 nitrogen and oxygen atoms in total. The van der Waals surface area contributed by atoms with E-state index in [0.717, 1.165) is 11.3 Å². The van der Waals surface area contributed by atoms with Gasteiger partial charge in [0.15, 0.2) is 0 Å². The van der Waals surface area contributed by atoms with Gasteiger partial charge in [0, 0.05) is 31.4 Å². The Bertz CT molecular complexity index is 472. The Morgan fingerprint density at radius 1 is 1.56 bits per heavy atom. The van der Waals surface area contributed by atoms with E-state index in [4.69, 9.17) is 4.74 Å². The number of aliphatic carboxylic acids is 1. The molecule has 5 heteroatoms. The topological polar surface area (TPSA) is 69.7 Å². The molecule has 0 N–H and O–H groups in total. The summed E-state index contributed by atoms with van der Waals surface area (Å²) in [6.07, 6.45) is 0.0340. The molecular weight excluding hydrogens is 234 g/mol. The van der Waals surface area contributed by atoms with Crippen LogP contribution in [0.15, 0.2) is 24.3 Å². The number of nitrogens with zero attached hydrogens (tertiary/aromatic N) is 1. The van der Waals surface area contributed by atoms with E-state index in [-0.39, 0.29) is 18.9 Å². The number of rotatable bonds is 4. The lowest BCUT2D eigenvalue weighted by atomic mass is 10.1. The second-order valence-corrected chi connectivity index (χ2v) is 4.35. The van der Waals surface area contributed by atoms with Gasteiger partial charge in [-0.1, -0.05) is 12.1 Å². The summed E-state index contributed by atoms with van der Waals surface area (Å²) in [7, 11) is 1.58. The van der Waals surface area contributed by atoms with Crippen LogP contribution in [0.25, 0.3) is 0 Å². The molecule has 0 aromatic heterocycles. The lowest BCUT2D eigenvalue weighted by molar-refractivity contribution is -0.311. The van der Waals surface area contributed by atoms with Crippen molar-refractivity contribution in [1.82, 2.24) is 4.90 Å². The number of likely N-dealkylation sites (tertiary alicyclic amines) is 1. The SMILES string of the molecule is COc1cccc(CN2C[C@H](C(=O)[O-])CC2=O)c1. The third-order valence-electron chi connectivity index (χ3n) is 3.06. The van der Waals surface area contributed by atoms with E-state index in [0.29, 0.717) is 6.54 Å². The Hall–Kier alpha value is -2.04. The summed E-state index contributed by atoms with van der Waals surface area (Å²) >= 11 is 0. The Labute approximate surface area is 105 Å². The Morgan fingerprint density at radius 3 is 2.94 bits per heavy atom. The van der Waals surface area contributed by atoms with Gasteiger partial charge >= 0.3 is 0 Å². The standard InChI is InChI=1S/C13H15NO4/c1-18-11-4-2-3-9(5-11)7-14-8-10(13(16)17)6-12(14)15/h2-5,10H,6-8H2,1H3,(H,16,17)/p-1/t10-/m1/s1. The van der Waals surface area contributed by atoms with E-state index in [1.165, 1.54) is 4.90 Å². The van der Waals surface area contributed by atoms with Crippen LogP contribution >= 0.6 is 0 Å². The van der Waals surface area contributed by atoms with Gasteiger partial charge in [-0.25, -0.2) is 0 Å². The fourth-order valence-corrected chi connectivity index (χ4v) is 2.07. The van der Waals surface area contributed by atoms with Gasteiger partial charge in [-0.3, -0.25) is 4.79 Å². The predicted molar refractivity (Wildman–Crippen MR) is 61.5 cm³/mol. The van der Waals surface area contributed by atoms with Crippen LogP contribution < -0.4 is 9.84 Å². The minimum Gasteiger partial charge on any atom is -0.550 e. The molecule has 0 spiro atoms. The minimum absolute atomic E-state index is 0.0340. The van der Waals surface area contributed by atoms with Crippen molar-refractivity contribution in [3.8, 4) is 5.75 Å². The third-order valence-corrected chi connectivity index (χ3v) is 3.06. The largest absolute Gasteiger partial charge is 0.550 e. The lowest BCUT2D eigenvalue weighted by Crippen LogP contribution is -2.33. The van der Waals surface area contributed by atoms with Crippen LogP contribution in [0.3, 0.4) is 0 Å². The molecule has 1 aliphatic rings. The maximum Gasteiger partial charge on any atom is 0.223 e. The quantitative estimate of drug-likeness (QED) is 0.739. The number of hydrogen-bond acceptors (Lipinski definition) is 4. The molecule has 0 unspecified atom stereocenters. The summed E-state index contributed by atoms with van der Waals surface area (Å²) in [6.45, 7) is 0.623. The summed E-state index contributed by atoms with van der Waals surface area (Å²) < 4.78 is 5.10. The van der Waals surface area contributed by atoms with Gasteiger partial charge < -0.3 is 19.5 Å². The Kier molecular flexibility index (Phi) is 3.50. The van der Waals surface area contributed by atoms with Crippen molar-refractivity contribution in [3.05, 3.63) is 29.8 Å². The molecule has 0 saturated carbocycles. The number of methoxy groups -OCH3 is 1. The van der Waals surface area contributed by atoms with Crippen LogP contribution in [0.1, 0.15) is 12.0 Å². The molecule has 0 aliphatic carbocycles. The number of amides is 1. The van der Waals surface area contributed by atoms with Crippen LogP contribution in [0.5, 0.6) is 5.75 Å². The second-order valence-electron chi connectivity index (χ2n) is 4.35. The number of carboxylic acids is 1. The van der Waals surface area contributed by atoms with E-state index in [9.17, 15) is 14.7 Å². The van der Waals surface area contributed by atoms with E-state index in [1.54, 1.807) is 7.11 Å². The van der Waals surface area contributed by atoms with E-state index in [2.05, 4.69) is 0 Å². The fraction of sp³-hybridized carbons (Fsp3) is 0.385. The van der Waals surface area contributed by atoms with Crippen LogP contribution in [-0.4, -0.2) is 30.4 Å². The van der Waals surface area contributed by atoms with Crippen molar-refractivity contribution in [3.63, 3.8) is 0 Å². The van der Waals surface area contributed by atoms with E-state index >= 15 is 0 Å². The van der Waals surface area contributed by atoms with Crippen LogP contribution in [0.2, 0.25) is 0 Å². The summed E-state index contributed by atoms with van der Waals surface area (Å²) in [5, 5.41) is 10.7. The van der Waals surface area contributed by atoms with Gasteiger partial charge in [-0.15, -0.1) is 0 Å². The van der Waals surface area contributed by atoms with Gasteiger partial charge in [-0.2, -0.15) is 0 Å². The van der Waals surface area contributed by atoms with Crippen molar-refractivity contribution >= 4 is 11.9 Å². The molecule has 1 atom stereocenters. The average molecular weight is 248 g/mol. The second kappa shape index (κ2) is 5.08. The van der Waals surface area contributed by atoms with E-state index in [1.807, 2.05) is 24.3 Å². The van der Waals surface area contributed by atoms with E-state index < -0.39 is 11.9 Å². The maximum atomic E-state index is 11.7. The molecule has 1 saturated heterocycles. The highest BCUT2D eigenvalue weighted by atomic mass is 16.5. The van der Waals surface area contributed by atoms with Gasteiger partial charge in [0.05, 0.1) is 7.11 Å². The highest BCUT2D eigenvalue weighted by Crippen LogP contribution is 2.21. The molecule has 0 bridgehead atoms. The minimum atomic E-state index is -1.16. The number of carbonyl (C=O) groups is 2. The monoisotopic (exact) mass is 248 g/mol. The molecule has 1 aliphatic heterocycles. The molecule has 1 heterocycles. The molecule has 0 radical (unpaired) electrons. The molecular formula is C13H14NO4-. The number of carbonyl (C=O) groups excluding carboxylic acids is 2. The third kappa shape index (κ3) is 2.61. The number of hydrogen-bond donors (Lipinski definition) is 0. The van der Waals surface area contributed by atoms with Crippen LogP contribution in [-0.2, 0) is 16.1 Å². The maximum absolute atomic E-state index is 11.7. The van der Waals surface area contributed by atoms with Crippen molar-refractivity contribution in [2.24, 2.45) is 5.92 Å². The predicted octanol–water partition coefficient (Wildman–Crippen LogP) is -0.206. The van der Waals surface area contributed by atoms with Crippen molar-refractivity contribution in [2.45, 2.75) is 13.0 Å². The van der Waals surface area contributed by atoms with Gasteiger partial charge in [0.25, 0.3) is 0 Å². The van der Waals surface area contributed by atoms with Crippen molar-refractivity contribution in [2.75, 3.05) is 13.7 Å². The normalized spacial score (nSPS) is 19.1. The average Bonchev–Trinajstić information content (AvgIpc) is 2.71. The smallest absolute Gasteiger partial charge is 0.223 e. The van der Waals surface area contributed by atoms with Crippen LogP contribution in [0.4, 0.5) is 0 Å². The van der Waals surface area contributed by atoms with Gasteiger partial charge in [0.1, 0.15) is 5.75 Å². The first kappa shape index (κ1) is 12.4. The van der Waals surface area contributed by atoms with Crippen molar-refractivity contribution < 1.29 is 19.4 Å². The molecule has 1 aromatic carbocycles. The Morgan fingerprint density at radius 2 is 2.33 bits per heavy atom. The summed E-state index contributed by atoms with van der Waals surface area (Å²) in [5.41, 5.74) is 0.918. The molecule has 1 aromatic rings. The summed E-state index contributed by atoms with van der Waals surface area (Å²) in [6, 6.07) is 7.37. The van der Waals surface area contributed by atoms with Gasteiger partial charge in [0.2, 0.25) is 5.91 Å². The number of benzene rings is 1. The first-order valence-corrected chi connectivity index (χ1v) is 5.71. The first-order valence-electron chi connectivity index (χ1n) is 5.71. The molecule has 96 valence electrons. The highest BCUT2D eigenvalue weighted by molar-refractivity contribution is 5.85. The van der Waals surface area contributed by atoms with Crippen LogP contribution in [0, 0.1) is 5.92 Å². The summed E-state index contributed by atoms with van der Waals surface area (Å²) in [5.74, 6) is -1.28. The number of ether oxygens (including phenoxy) is 1. The molecule has 1 amide bonds. The van der Waals surface area contributed by atoms with Gasteiger partial charge in [-0.05, 0) is 17.7 Å². The fourth-order valence-electron chi connectivity index (χ4n) is 2.07. The molecule has 1 fully saturated rings. The lowest BCUT2D eigenvalue weighted by Gasteiger charge is -2.17. The molecule has 18 heavy (non-hydrogen) atoms. The number of carboxylic acid groups (broad SMARTS) is 1. The first-order chi connectivity index (χ1) is 8.60. The zero-order valence-corrected chi connectivity index (χ0v) is 10.1. The molecule has 2 rings (SSSR count). The zero-order valence-electron chi connectivity index (χ0n) is 10.1.